The summed E-state index contributed by atoms with van der Waals surface area (Å²) in [5.41, 5.74) is 2.49. The highest BCUT2D eigenvalue weighted by Gasteiger charge is 2.24. The van der Waals surface area contributed by atoms with Gasteiger partial charge in [-0.3, -0.25) is 9.78 Å². The Hall–Kier alpha value is -2.82. The Kier molecular flexibility index (Phi) is 3.78. The molecular formula is C18H18N2O3. The van der Waals surface area contributed by atoms with Crippen LogP contribution in [0.3, 0.4) is 0 Å². The Labute approximate surface area is 133 Å². The molecule has 5 nitrogen and oxygen atoms in total. The largest absolute Gasteiger partial charge is 0.417 e. The lowest BCUT2D eigenvalue weighted by Crippen LogP contribution is -2.25. The molecule has 1 heterocycles. The number of fused-ring (bicyclic) bond motifs is 1. The van der Waals surface area contributed by atoms with E-state index in [1.165, 1.54) is 0 Å². The number of H-pyrrole nitrogens is 1. The third-order valence-corrected chi connectivity index (χ3v) is 3.86. The maximum Gasteiger partial charge on any atom is 0.417 e. The van der Waals surface area contributed by atoms with Gasteiger partial charge in [-0.25, -0.2) is 4.79 Å². The number of aromatic nitrogens is 1. The second-order valence-corrected chi connectivity index (χ2v) is 6.20. The topological polar surface area (TPSA) is 75.1 Å². The lowest BCUT2D eigenvalue weighted by Gasteiger charge is -2.24. The average molecular weight is 310 g/mol. The summed E-state index contributed by atoms with van der Waals surface area (Å²) in [7, 11) is 0. The van der Waals surface area contributed by atoms with E-state index in [2.05, 4.69) is 10.3 Å². The number of amides is 1. The normalized spacial score (nSPS) is 11.6. The third-order valence-electron chi connectivity index (χ3n) is 3.86. The predicted molar refractivity (Wildman–Crippen MR) is 89.5 cm³/mol. The van der Waals surface area contributed by atoms with Crippen molar-refractivity contribution in [2.45, 2.75) is 25.7 Å². The molecule has 1 amide bonds. The van der Waals surface area contributed by atoms with Gasteiger partial charge in [0.05, 0.1) is 5.52 Å². The molecule has 0 unspecified atom stereocenters. The van der Waals surface area contributed by atoms with Crippen molar-refractivity contribution in [2.24, 2.45) is 0 Å². The molecule has 118 valence electrons. The SMILES string of the molecule is CC(C)(CC(=O)Nc1ccc2[nH]c(=O)oc2c1)c1ccccc1. The number of oxazole rings is 1. The van der Waals surface area contributed by atoms with E-state index in [0.717, 1.165) is 5.56 Å². The van der Waals surface area contributed by atoms with Crippen molar-refractivity contribution in [3.05, 3.63) is 64.6 Å². The van der Waals surface area contributed by atoms with Crippen LogP contribution in [-0.4, -0.2) is 10.9 Å². The maximum absolute atomic E-state index is 12.3. The van der Waals surface area contributed by atoms with Crippen molar-refractivity contribution in [3.63, 3.8) is 0 Å². The van der Waals surface area contributed by atoms with Crippen LogP contribution in [0.1, 0.15) is 25.8 Å². The van der Waals surface area contributed by atoms with Gasteiger partial charge >= 0.3 is 5.76 Å². The number of hydrogen-bond donors (Lipinski definition) is 2. The molecular weight excluding hydrogens is 292 g/mol. The van der Waals surface area contributed by atoms with Crippen molar-refractivity contribution in [1.82, 2.24) is 4.98 Å². The molecule has 0 saturated carbocycles. The van der Waals surface area contributed by atoms with Crippen molar-refractivity contribution >= 4 is 22.7 Å². The summed E-state index contributed by atoms with van der Waals surface area (Å²) in [5.74, 6) is -0.593. The number of anilines is 1. The Morgan fingerprint density at radius 2 is 1.91 bits per heavy atom. The number of aromatic amines is 1. The van der Waals surface area contributed by atoms with Crippen LogP contribution in [0.15, 0.2) is 57.7 Å². The minimum Gasteiger partial charge on any atom is -0.408 e. The highest BCUT2D eigenvalue weighted by atomic mass is 16.4. The lowest BCUT2D eigenvalue weighted by atomic mass is 9.81. The highest BCUT2D eigenvalue weighted by molar-refractivity contribution is 5.93. The minimum atomic E-state index is -0.506. The molecule has 0 aliphatic carbocycles. The van der Waals surface area contributed by atoms with E-state index >= 15 is 0 Å². The fraction of sp³-hybridized carbons (Fsp3) is 0.222. The van der Waals surface area contributed by atoms with E-state index in [-0.39, 0.29) is 11.3 Å². The first-order chi connectivity index (χ1) is 10.9. The minimum absolute atomic E-state index is 0.0870. The Bertz CT molecular complexity index is 891. The first kappa shape index (κ1) is 15.1. The van der Waals surface area contributed by atoms with Crippen LogP contribution in [0.25, 0.3) is 11.1 Å². The van der Waals surface area contributed by atoms with Crippen molar-refractivity contribution in [2.75, 3.05) is 5.32 Å². The van der Waals surface area contributed by atoms with E-state index in [9.17, 15) is 9.59 Å². The first-order valence-corrected chi connectivity index (χ1v) is 7.42. The number of carbonyl (C=O) groups excluding carboxylic acids is 1. The maximum atomic E-state index is 12.3. The molecule has 3 aromatic rings. The number of carbonyl (C=O) groups is 1. The second kappa shape index (κ2) is 5.76. The van der Waals surface area contributed by atoms with E-state index in [4.69, 9.17) is 4.42 Å². The van der Waals surface area contributed by atoms with Crippen LogP contribution >= 0.6 is 0 Å². The summed E-state index contributed by atoms with van der Waals surface area (Å²) < 4.78 is 5.00. The lowest BCUT2D eigenvalue weighted by molar-refractivity contribution is -0.117. The molecule has 0 fully saturated rings. The van der Waals surface area contributed by atoms with Gasteiger partial charge in [-0.05, 0) is 23.1 Å². The molecule has 0 radical (unpaired) electrons. The summed E-state index contributed by atoms with van der Waals surface area (Å²) in [6.45, 7) is 4.08. The van der Waals surface area contributed by atoms with Gasteiger partial charge in [0.15, 0.2) is 5.58 Å². The Balaban J connectivity index is 1.74. The van der Waals surface area contributed by atoms with Gasteiger partial charge in [-0.15, -0.1) is 0 Å². The fourth-order valence-corrected chi connectivity index (χ4v) is 2.62. The molecule has 0 saturated heterocycles. The zero-order chi connectivity index (χ0) is 16.4. The zero-order valence-corrected chi connectivity index (χ0v) is 13.1. The molecule has 2 N–H and O–H groups in total. The average Bonchev–Trinajstić information content (AvgIpc) is 2.87. The van der Waals surface area contributed by atoms with Gasteiger partial charge < -0.3 is 9.73 Å². The molecule has 2 aromatic carbocycles. The molecule has 0 aliphatic heterocycles. The van der Waals surface area contributed by atoms with Gasteiger partial charge in [0, 0.05) is 18.2 Å². The third kappa shape index (κ3) is 3.34. The number of benzene rings is 2. The number of hydrogen-bond acceptors (Lipinski definition) is 3. The molecule has 5 heteroatoms. The molecule has 23 heavy (non-hydrogen) atoms. The van der Waals surface area contributed by atoms with Crippen LogP contribution in [0.2, 0.25) is 0 Å². The quantitative estimate of drug-likeness (QED) is 0.775. The van der Waals surface area contributed by atoms with Crippen LogP contribution in [0.5, 0.6) is 0 Å². The van der Waals surface area contributed by atoms with E-state index in [0.29, 0.717) is 23.2 Å². The van der Waals surface area contributed by atoms with E-state index in [1.54, 1.807) is 18.2 Å². The summed E-state index contributed by atoms with van der Waals surface area (Å²) in [4.78, 5) is 26.1. The Morgan fingerprint density at radius 3 is 2.65 bits per heavy atom. The van der Waals surface area contributed by atoms with Crippen LogP contribution in [0, 0.1) is 0 Å². The molecule has 0 aliphatic rings. The van der Waals surface area contributed by atoms with Crippen molar-refractivity contribution in [1.29, 1.82) is 0 Å². The highest BCUT2D eigenvalue weighted by Crippen LogP contribution is 2.27. The van der Waals surface area contributed by atoms with Crippen molar-refractivity contribution in [3.8, 4) is 0 Å². The molecule has 0 bridgehead atoms. The monoisotopic (exact) mass is 310 g/mol. The fourth-order valence-electron chi connectivity index (χ4n) is 2.62. The van der Waals surface area contributed by atoms with Gasteiger partial charge in [0.2, 0.25) is 5.91 Å². The molecule has 0 atom stereocenters. The van der Waals surface area contributed by atoms with Gasteiger partial charge in [0.1, 0.15) is 0 Å². The van der Waals surface area contributed by atoms with Gasteiger partial charge in [0.25, 0.3) is 0 Å². The van der Waals surface area contributed by atoms with E-state index in [1.807, 2.05) is 44.2 Å². The smallest absolute Gasteiger partial charge is 0.408 e. The van der Waals surface area contributed by atoms with Crippen LogP contribution in [-0.2, 0) is 10.2 Å². The molecule has 1 aromatic heterocycles. The molecule has 0 spiro atoms. The van der Waals surface area contributed by atoms with Crippen molar-refractivity contribution < 1.29 is 9.21 Å². The predicted octanol–water partition coefficient (Wildman–Crippen LogP) is 3.43. The van der Waals surface area contributed by atoms with Gasteiger partial charge in [-0.1, -0.05) is 44.2 Å². The second-order valence-electron chi connectivity index (χ2n) is 6.20. The standard InChI is InChI=1S/C18H18N2O3/c1-18(2,12-6-4-3-5-7-12)11-16(21)19-13-8-9-14-15(10-13)23-17(22)20-14/h3-10H,11H2,1-2H3,(H,19,21)(H,20,22). The summed E-state index contributed by atoms with van der Waals surface area (Å²) in [6, 6.07) is 15.0. The summed E-state index contributed by atoms with van der Waals surface area (Å²) >= 11 is 0. The molecule has 3 rings (SSSR count). The zero-order valence-electron chi connectivity index (χ0n) is 13.1. The summed E-state index contributed by atoms with van der Waals surface area (Å²) in [6.07, 6.45) is 0.353. The van der Waals surface area contributed by atoms with E-state index < -0.39 is 5.76 Å². The van der Waals surface area contributed by atoms with Crippen LogP contribution in [0.4, 0.5) is 5.69 Å². The van der Waals surface area contributed by atoms with Crippen LogP contribution < -0.4 is 11.1 Å². The first-order valence-electron chi connectivity index (χ1n) is 7.42. The number of rotatable bonds is 4. The Morgan fingerprint density at radius 1 is 1.17 bits per heavy atom. The number of nitrogens with one attached hydrogen (secondary N) is 2. The van der Waals surface area contributed by atoms with Gasteiger partial charge in [-0.2, -0.15) is 0 Å². The summed E-state index contributed by atoms with van der Waals surface area (Å²) in [5, 5.41) is 2.85.